The second-order valence-electron chi connectivity index (χ2n) is 8.26. The molecule has 0 bridgehead atoms. The van der Waals surface area contributed by atoms with Crippen molar-refractivity contribution >= 4 is 27.6 Å². The maximum absolute atomic E-state index is 10.8. The van der Waals surface area contributed by atoms with Crippen molar-refractivity contribution in [2.75, 3.05) is 11.9 Å². The van der Waals surface area contributed by atoms with E-state index in [1.807, 2.05) is 24.3 Å². The molecule has 2 aromatic rings. The number of anilines is 1. The van der Waals surface area contributed by atoms with E-state index in [1.54, 1.807) is 12.1 Å². The zero-order chi connectivity index (χ0) is 22.9. The van der Waals surface area contributed by atoms with E-state index in [4.69, 9.17) is 5.11 Å². The van der Waals surface area contributed by atoms with Crippen LogP contribution in [0.5, 0.6) is 0 Å². The Morgan fingerprint density at radius 3 is 1.84 bits per heavy atom. The molecule has 2 aromatic carbocycles. The van der Waals surface area contributed by atoms with Crippen LogP contribution in [0.2, 0.25) is 0 Å². The Morgan fingerprint density at radius 2 is 1.28 bits per heavy atom. The van der Waals surface area contributed by atoms with Crippen LogP contribution in [0.4, 0.5) is 5.69 Å². The number of unbranched alkanes of at least 4 members (excludes halogenated alkanes) is 11. The first kappa shape index (κ1) is 26.0. The Morgan fingerprint density at radius 1 is 0.750 bits per heavy atom. The van der Waals surface area contributed by atoms with Crippen molar-refractivity contribution < 1.29 is 9.90 Å². The van der Waals surface area contributed by atoms with Crippen molar-refractivity contribution in [3.63, 3.8) is 0 Å². The van der Waals surface area contributed by atoms with Crippen molar-refractivity contribution in [2.24, 2.45) is 0 Å². The molecule has 0 aliphatic carbocycles. The Hall–Kier alpha value is -2.25. The Kier molecular flexibility index (Phi) is 13.3. The molecule has 0 aliphatic rings. The lowest BCUT2D eigenvalue weighted by Crippen LogP contribution is -2.02. The number of carboxylic acids is 1. The lowest BCUT2D eigenvalue weighted by atomic mass is 10.1. The average molecular weight is 499 g/mol. The molecular weight excluding hydrogens is 462 g/mol. The summed E-state index contributed by atoms with van der Waals surface area (Å²) in [5.41, 5.74) is 2.42. The highest BCUT2D eigenvalue weighted by atomic mass is 79.9. The average Bonchev–Trinajstić information content (AvgIpc) is 2.80. The molecule has 0 saturated heterocycles. The molecule has 2 N–H and O–H groups in total. The van der Waals surface area contributed by atoms with Crippen LogP contribution in [0.3, 0.4) is 0 Å². The van der Waals surface area contributed by atoms with Crippen molar-refractivity contribution in [1.82, 2.24) is 0 Å². The van der Waals surface area contributed by atoms with E-state index in [0.29, 0.717) is 5.56 Å². The Bertz CT molecular complexity index is 834. The Balaban J connectivity index is 1.33. The van der Waals surface area contributed by atoms with Crippen molar-refractivity contribution in [3.8, 4) is 11.8 Å². The smallest absolute Gasteiger partial charge is 0.335 e. The second kappa shape index (κ2) is 16.4. The van der Waals surface area contributed by atoms with Gasteiger partial charge in [-0.05, 0) is 61.4 Å². The van der Waals surface area contributed by atoms with Crippen LogP contribution in [-0.2, 0) is 0 Å². The van der Waals surface area contributed by atoms with Gasteiger partial charge in [0.2, 0.25) is 0 Å². The zero-order valence-electron chi connectivity index (χ0n) is 19.0. The van der Waals surface area contributed by atoms with Crippen LogP contribution in [0.15, 0.2) is 53.0 Å². The fourth-order valence-electron chi connectivity index (χ4n) is 3.59. The van der Waals surface area contributed by atoms with Gasteiger partial charge in [-0.3, -0.25) is 0 Å². The zero-order valence-corrected chi connectivity index (χ0v) is 20.6. The summed E-state index contributed by atoms with van der Waals surface area (Å²) in [7, 11) is 0. The summed E-state index contributed by atoms with van der Waals surface area (Å²) in [5.74, 6) is 5.64. The number of aromatic carboxylic acids is 1. The van der Waals surface area contributed by atoms with E-state index in [0.717, 1.165) is 35.1 Å². The van der Waals surface area contributed by atoms with E-state index in [-0.39, 0.29) is 0 Å². The quantitative estimate of drug-likeness (QED) is 0.192. The predicted octanol–water partition coefficient (Wildman–Crippen LogP) is 8.29. The van der Waals surface area contributed by atoms with Crippen LogP contribution in [0.1, 0.15) is 93.0 Å². The number of halogens is 1. The number of carbonyl (C=O) groups is 1. The molecule has 0 saturated carbocycles. The molecule has 0 fully saturated rings. The third-order valence-electron chi connectivity index (χ3n) is 5.52. The minimum atomic E-state index is -0.880. The van der Waals surface area contributed by atoms with Gasteiger partial charge in [-0.15, -0.1) is 0 Å². The summed E-state index contributed by atoms with van der Waals surface area (Å²) in [6, 6.07) is 15.1. The fourth-order valence-corrected chi connectivity index (χ4v) is 3.85. The fraction of sp³-hybridized carbons (Fsp3) is 0.464. The highest BCUT2D eigenvalue weighted by molar-refractivity contribution is 9.10. The molecule has 0 aliphatic heterocycles. The van der Waals surface area contributed by atoms with E-state index >= 15 is 0 Å². The summed E-state index contributed by atoms with van der Waals surface area (Å²) >= 11 is 3.44. The molecule has 0 aromatic heterocycles. The van der Waals surface area contributed by atoms with Gasteiger partial charge in [-0.25, -0.2) is 4.79 Å². The molecule has 4 heteroatoms. The summed E-state index contributed by atoms with van der Waals surface area (Å²) < 4.78 is 1.10. The van der Waals surface area contributed by atoms with Gasteiger partial charge in [-0.1, -0.05) is 85.6 Å². The SMILES string of the molecule is O=C(O)c1ccc(NCCCCCCCCCCCCCC#Cc2ccc(Br)cc2)cc1. The van der Waals surface area contributed by atoms with Crippen LogP contribution in [-0.4, -0.2) is 17.6 Å². The monoisotopic (exact) mass is 497 g/mol. The van der Waals surface area contributed by atoms with Gasteiger partial charge in [0.05, 0.1) is 5.56 Å². The van der Waals surface area contributed by atoms with E-state index in [2.05, 4.69) is 45.2 Å². The van der Waals surface area contributed by atoms with Gasteiger partial charge in [0, 0.05) is 28.7 Å². The van der Waals surface area contributed by atoms with E-state index in [9.17, 15) is 4.79 Å². The third kappa shape index (κ3) is 12.0. The van der Waals surface area contributed by atoms with Gasteiger partial charge < -0.3 is 10.4 Å². The van der Waals surface area contributed by atoms with Gasteiger partial charge >= 0.3 is 5.97 Å². The van der Waals surface area contributed by atoms with Crippen LogP contribution in [0.25, 0.3) is 0 Å². The number of hydrogen-bond acceptors (Lipinski definition) is 2. The first-order valence-electron chi connectivity index (χ1n) is 12.0. The molecule has 172 valence electrons. The summed E-state index contributed by atoms with van der Waals surface area (Å²) in [6.45, 7) is 0.944. The van der Waals surface area contributed by atoms with Crippen LogP contribution in [0, 0.1) is 11.8 Å². The molecule has 3 nitrogen and oxygen atoms in total. The van der Waals surface area contributed by atoms with Crippen LogP contribution >= 0.6 is 15.9 Å². The molecule has 0 unspecified atom stereocenters. The third-order valence-corrected chi connectivity index (χ3v) is 6.05. The van der Waals surface area contributed by atoms with Crippen molar-refractivity contribution in [2.45, 2.75) is 77.0 Å². The summed E-state index contributed by atoms with van der Waals surface area (Å²) in [6.07, 6.45) is 15.3. The van der Waals surface area contributed by atoms with E-state index < -0.39 is 5.97 Å². The summed E-state index contributed by atoms with van der Waals surface area (Å²) in [5, 5.41) is 12.3. The highest BCUT2D eigenvalue weighted by Gasteiger charge is 2.01. The van der Waals surface area contributed by atoms with Gasteiger partial charge in [0.25, 0.3) is 0 Å². The lowest BCUT2D eigenvalue weighted by molar-refractivity contribution is 0.0697. The predicted molar refractivity (Wildman–Crippen MR) is 138 cm³/mol. The van der Waals surface area contributed by atoms with Gasteiger partial charge in [-0.2, -0.15) is 0 Å². The number of hydrogen-bond donors (Lipinski definition) is 2. The van der Waals surface area contributed by atoms with Crippen LogP contribution < -0.4 is 5.32 Å². The molecule has 2 rings (SSSR count). The first-order chi connectivity index (χ1) is 15.6. The molecule has 32 heavy (non-hydrogen) atoms. The van der Waals surface area contributed by atoms with Crippen molar-refractivity contribution in [3.05, 3.63) is 64.1 Å². The molecule has 0 spiro atoms. The summed E-state index contributed by atoms with van der Waals surface area (Å²) in [4.78, 5) is 10.8. The highest BCUT2D eigenvalue weighted by Crippen LogP contribution is 2.13. The maximum atomic E-state index is 10.8. The van der Waals surface area contributed by atoms with E-state index in [1.165, 1.54) is 64.2 Å². The minimum Gasteiger partial charge on any atom is -0.478 e. The molecule has 0 amide bonds. The molecular formula is C28H36BrNO2. The Labute approximate surface area is 202 Å². The number of carboxylic acid groups (broad SMARTS) is 1. The molecule has 0 heterocycles. The lowest BCUT2D eigenvalue weighted by Gasteiger charge is -2.07. The standard InChI is InChI=1S/C28H36BrNO2/c29-26-19-15-24(16-20-26)14-12-10-8-6-4-2-1-3-5-7-9-11-13-23-30-27-21-17-25(18-22-27)28(31)32/h15-22,30H,1-11,13,23H2,(H,31,32). The maximum Gasteiger partial charge on any atom is 0.335 e. The number of benzene rings is 2. The van der Waals surface area contributed by atoms with Crippen molar-refractivity contribution in [1.29, 1.82) is 0 Å². The molecule has 0 radical (unpaired) electrons. The minimum absolute atomic E-state index is 0.331. The number of rotatable bonds is 15. The normalized spacial score (nSPS) is 10.4. The van der Waals surface area contributed by atoms with Gasteiger partial charge in [0.15, 0.2) is 0 Å². The van der Waals surface area contributed by atoms with Gasteiger partial charge in [0.1, 0.15) is 0 Å². The molecule has 0 atom stereocenters. The first-order valence-corrected chi connectivity index (χ1v) is 12.8. The topological polar surface area (TPSA) is 49.3 Å². The number of nitrogens with one attached hydrogen (secondary N) is 1. The largest absolute Gasteiger partial charge is 0.478 e. The second-order valence-corrected chi connectivity index (χ2v) is 9.17.